The van der Waals surface area contributed by atoms with Crippen molar-refractivity contribution in [1.29, 1.82) is 0 Å². The molecule has 2 N–H and O–H groups in total. The molecule has 3 aromatic rings. The second-order valence-electron chi connectivity index (χ2n) is 6.42. The van der Waals surface area contributed by atoms with Crippen LogP contribution in [0.15, 0.2) is 60.7 Å². The quantitative estimate of drug-likeness (QED) is 0.713. The first-order valence-corrected chi connectivity index (χ1v) is 9.14. The summed E-state index contributed by atoms with van der Waals surface area (Å²) in [6.45, 7) is 5.19. The average molecular weight is 361 g/mol. The van der Waals surface area contributed by atoms with Gasteiger partial charge in [-0.15, -0.1) is 0 Å². The summed E-state index contributed by atoms with van der Waals surface area (Å²) in [6.07, 6.45) is 0. The number of para-hydroxylation sites is 3. The van der Waals surface area contributed by atoms with Crippen molar-refractivity contribution in [3.63, 3.8) is 0 Å². The van der Waals surface area contributed by atoms with Crippen LogP contribution >= 0.6 is 0 Å². The Morgan fingerprint density at radius 3 is 2.30 bits per heavy atom. The Labute approximate surface area is 159 Å². The molecule has 1 aromatic heterocycles. The van der Waals surface area contributed by atoms with Gasteiger partial charge < -0.3 is 20.3 Å². The highest BCUT2D eigenvalue weighted by Gasteiger charge is 2.15. The predicted molar refractivity (Wildman–Crippen MR) is 109 cm³/mol. The Kier molecular flexibility index (Phi) is 5.16. The van der Waals surface area contributed by atoms with Crippen LogP contribution in [0, 0.1) is 6.92 Å². The Bertz CT molecular complexity index is 894. The zero-order chi connectivity index (χ0) is 18.5. The van der Waals surface area contributed by atoms with Gasteiger partial charge in [-0.05, 0) is 31.2 Å². The van der Waals surface area contributed by atoms with Gasteiger partial charge in [0.2, 0.25) is 0 Å². The molecule has 0 bridgehead atoms. The normalized spacial score (nSPS) is 14.0. The summed E-state index contributed by atoms with van der Waals surface area (Å²) >= 11 is 0. The molecule has 0 saturated carbocycles. The minimum Gasteiger partial charge on any atom is -0.378 e. The minimum atomic E-state index is 0.710. The van der Waals surface area contributed by atoms with Crippen LogP contribution in [0.3, 0.4) is 0 Å². The molecule has 0 amide bonds. The highest BCUT2D eigenvalue weighted by Crippen LogP contribution is 2.29. The third-order valence-electron chi connectivity index (χ3n) is 4.40. The number of ether oxygens (including phenoxy) is 1. The van der Waals surface area contributed by atoms with E-state index in [0.29, 0.717) is 5.82 Å². The fraction of sp³-hybridized carbons (Fsp3) is 0.238. The van der Waals surface area contributed by atoms with Gasteiger partial charge in [0, 0.05) is 24.8 Å². The van der Waals surface area contributed by atoms with Crippen molar-refractivity contribution >= 4 is 28.7 Å². The average Bonchev–Trinajstić information content (AvgIpc) is 2.69. The maximum Gasteiger partial charge on any atom is 0.136 e. The van der Waals surface area contributed by atoms with Crippen LogP contribution < -0.4 is 15.5 Å². The van der Waals surface area contributed by atoms with Crippen LogP contribution in [-0.4, -0.2) is 36.3 Å². The summed E-state index contributed by atoms with van der Waals surface area (Å²) in [5, 5.41) is 6.79. The molecular weight excluding hydrogens is 338 g/mol. The smallest absolute Gasteiger partial charge is 0.136 e. The van der Waals surface area contributed by atoms with Gasteiger partial charge in [-0.3, -0.25) is 0 Å². The van der Waals surface area contributed by atoms with Gasteiger partial charge in [0.05, 0.1) is 24.6 Å². The van der Waals surface area contributed by atoms with E-state index < -0.39 is 0 Å². The van der Waals surface area contributed by atoms with Crippen LogP contribution in [0.25, 0.3) is 0 Å². The lowest BCUT2D eigenvalue weighted by atomic mass is 10.2. The molecule has 1 aliphatic heterocycles. The Balaban J connectivity index is 1.58. The number of aromatic nitrogens is 2. The number of benzene rings is 2. The fourth-order valence-electron chi connectivity index (χ4n) is 3.16. The van der Waals surface area contributed by atoms with E-state index in [1.54, 1.807) is 0 Å². The van der Waals surface area contributed by atoms with Crippen molar-refractivity contribution in [2.24, 2.45) is 0 Å². The lowest BCUT2D eigenvalue weighted by molar-refractivity contribution is 0.123. The molecular formula is C21H23N5O. The van der Waals surface area contributed by atoms with Crippen LogP contribution in [0.5, 0.6) is 0 Å². The molecule has 0 spiro atoms. The molecule has 6 nitrogen and oxygen atoms in total. The third kappa shape index (κ3) is 4.35. The number of morpholine rings is 1. The molecule has 1 fully saturated rings. The zero-order valence-corrected chi connectivity index (χ0v) is 15.4. The first-order valence-electron chi connectivity index (χ1n) is 9.14. The molecule has 2 aromatic carbocycles. The van der Waals surface area contributed by atoms with E-state index in [0.717, 1.165) is 55.0 Å². The summed E-state index contributed by atoms with van der Waals surface area (Å²) in [7, 11) is 0. The first-order chi connectivity index (χ1) is 13.3. The summed E-state index contributed by atoms with van der Waals surface area (Å²) in [6, 6.07) is 20.2. The maximum atomic E-state index is 5.48. The van der Waals surface area contributed by atoms with Gasteiger partial charge in [-0.2, -0.15) is 0 Å². The molecule has 27 heavy (non-hydrogen) atoms. The van der Waals surface area contributed by atoms with E-state index in [4.69, 9.17) is 4.74 Å². The Morgan fingerprint density at radius 2 is 1.52 bits per heavy atom. The number of anilines is 5. The van der Waals surface area contributed by atoms with Crippen LogP contribution in [-0.2, 0) is 4.74 Å². The van der Waals surface area contributed by atoms with Gasteiger partial charge in [-0.1, -0.05) is 30.3 Å². The standard InChI is InChI=1S/C21H23N5O/c1-16-22-20(24-17-7-3-2-4-8-17)15-21(23-16)25-18-9-5-6-10-19(18)26-11-13-27-14-12-26/h2-10,15H,11-14H2,1H3,(H2,22,23,24,25). The summed E-state index contributed by atoms with van der Waals surface area (Å²) in [5.41, 5.74) is 3.19. The monoisotopic (exact) mass is 361 g/mol. The summed E-state index contributed by atoms with van der Waals surface area (Å²) in [4.78, 5) is 11.4. The Morgan fingerprint density at radius 1 is 0.852 bits per heavy atom. The number of nitrogens with zero attached hydrogens (tertiary/aromatic N) is 3. The molecule has 138 valence electrons. The zero-order valence-electron chi connectivity index (χ0n) is 15.4. The molecule has 6 heteroatoms. The van der Waals surface area contributed by atoms with E-state index in [2.05, 4.69) is 43.7 Å². The second kappa shape index (κ2) is 8.05. The molecule has 0 unspecified atom stereocenters. The lowest BCUT2D eigenvalue weighted by Crippen LogP contribution is -2.36. The fourth-order valence-corrected chi connectivity index (χ4v) is 3.16. The third-order valence-corrected chi connectivity index (χ3v) is 4.40. The lowest BCUT2D eigenvalue weighted by Gasteiger charge is -2.30. The first kappa shape index (κ1) is 17.3. The van der Waals surface area contributed by atoms with E-state index in [-0.39, 0.29) is 0 Å². The van der Waals surface area contributed by atoms with Gasteiger partial charge in [0.1, 0.15) is 17.5 Å². The number of aryl methyl sites for hydroxylation is 1. The molecule has 0 radical (unpaired) electrons. The highest BCUT2D eigenvalue weighted by molar-refractivity contribution is 5.75. The van der Waals surface area contributed by atoms with E-state index in [1.807, 2.05) is 49.4 Å². The SMILES string of the molecule is Cc1nc(Nc2ccccc2)cc(Nc2ccccc2N2CCOCC2)n1. The van der Waals surface area contributed by atoms with Gasteiger partial charge >= 0.3 is 0 Å². The molecule has 4 rings (SSSR count). The van der Waals surface area contributed by atoms with E-state index >= 15 is 0 Å². The van der Waals surface area contributed by atoms with Crippen molar-refractivity contribution in [3.05, 3.63) is 66.5 Å². The second-order valence-corrected chi connectivity index (χ2v) is 6.42. The van der Waals surface area contributed by atoms with Crippen LogP contribution in [0.2, 0.25) is 0 Å². The van der Waals surface area contributed by atoms with Gasteiger partial charge in [-0.25, -0.2) is 9.97 Å². The van der Waals surface area contributed by atoms with Gasteiger partial charge in [0.15, 0.2) is 0 Å². The number of hydrogen-bond acceptors (Lipinski definition) is 6. The van der Waals surface area contributed by atoms with Crippen LogP contribution in [0.1, 0.15) is 5.82 Å². The minimum absolute atomic E-state index is 0.710. The highest BCUT2D eigenvalue weighted by atomic mass is 16.5. The summed E-state index contributed by atoms with van der Waals surface area (Å²) < 4.78 is 5.48. The summed E-state index contributed by atoms with van der Waals surface area (Å²) in [5.74, 6) is 2.24. The molecule has 0 atom stereocenters. The van der Waals surface area contributed by atoms with Crippen molar-refractivity contribution in [2.75, 3.05) is 41.8 Å². The van der Waals surface area contributed by atoms with Crippen molar-refractivity contribution < 1.29 is 4.74 Å². The van der Waals surface area contributed by atoms with Crippen molar-refractivity contribution in [3.8, 4) is 0 Å². The predicted octanol–water partition coefficient (Wildman–Crippen LogP) is 4.11. The number of hydrogen-bond donors (Lipinski definition) is 2. The molecule has 1 aliphatic rings. The number of nitrogens with one attached hydrogen (secondary N) is 2. The van der Waals surface area contributed by atoms with Gasteiger partial charge in [0.25, 0.3) is 0 Å². The van der Waals surface area contributed by atoms with Crippen LogP contribution in [0.4, 0.5) is 28.7 Å². The van der Waals surface area contributed by atoms with E-state index in [9.17, 15) is 0 Å². The van der Waals surface area contributed by atoms with E-state index in [1.165, 1.54) is 0 Å². The van der Waals surface area contributed by atoms with Crippen molar-refractivity contribution in [1.82, 2.24) is 9.97 Å². The number of rotatable bonds is 5. The topological polar surface area (TPSA) is 62.3 Å². The van der Waals surface area contributed by atoms with Crippen molar-refractivity contribution in [2.45, 2.75) is 6.92 Å². The molecule has 0 aliphatic carbocycles. The maximum absolute atomic E-state index is 5.48. The Hall–Kier alpha value is -3.12. The molecule has 1 saturated heterocycles. The largest absolute Gasteiger partial charge is 0.378 e. The molecule has 2 heterocycles.